The van der Waals surface area contributed by atoms with Gasteiger partial charge in [-0.15, -0.1) is 0 Å². The van der Waals surface area contributed by atoms with Crippen molar-refractivity contribution in [1.29, 1.82) is 0 Å². The van der Waals surface area contributed by atoms with Gasteiger partial charge in [0.15, 0.2) is 6.10 Å². The molecule has 0 amide bonds. The molecule has 0 N–H and O–H groups in total. The van der Waals surface area contributed by atoms with E-state index in [-0.39, 0.29) is 31.1 Å². The van der Waals surface area contributed by atoms with Gasteiger partial charge in [-0.2, -0.15) is 0 Å². The van der Waals surface area contributed by atoms with E-state index in [1.165, 1.54) is 128 Å². The van der Waals surface area contributed by atoms with Crippen LogP contribution in [0, 0.1) is 0 Å². The lowest BCUT2D eigenvalue weighted by Crippen LogP contribution is -2.30. The molecular weight excluding hydrogens is 685 g/mol. The lowest BCUT2D eigenvalue weighted by molar-refractivity contribution is -0.167. The third kappa shape index (κ3) is 42.6. The second-order valence-electron chi connectivity index (χ2n) is 15.7. The second-order valence-corrected chi connectivity index (χ2v) is 15.7. The minimum atomic E-state index is -0.763. The van der Waals surface area contributed by atoms with Crippen LogP contribution < -0.4 is 0 Å². The van der Waals surface area contributed by atoms with E-state index in [1.807, 2.05) is 0 Å². The van der Waals surface area contributed by atoms with Crippen LogP contribution in [0.15, 0.2) is 36.5 Å². The van der Waals surface area contributed by atoms with E-state index in [0.29, 0.717) is 19.3 Å². The van der Waals surface area contributed by atoms with E-state index in [1.54, 1.807) is 0 Å². The van der Waals surface area contributed by atoms with Gasteiger partial charge in [0.25, 0.3) is 0 Å². The number of rotatable bonds is 42. The van der Waals surface area contributed by atoms with Gasteiger partial charge in [0.1, 0.15) is 13.2 Å². The van der Waals surface area contributed by atoms with Crippen molar-refractivity contribution in [2.24, 2.45) is 0 Å². The summed E-state index contributed by atoms with van der Waals surface area (Å²) in [5, 5.41) is 0. The molecule has 6 heteroatoms. The maximum Gasteiger partial charge on any atom is 0.306 e. The normalized spacial score (nSPS) is 12.3. The molecule has 6 nitrogen and oxygen atoms in total. The van der Waals surface area contributed by atoms with Crippen LogP contribution in [-0.2, 0) is 28.6 Å². The predicted octanol–water partition coefficient (Wildman–Crippen LogP) is 15.0. The zero-order valence-electron chi connectivity index (χ0n) is 36.4. The number of esters is 3. The Bertz CT molecular complexity index is 938. The monoisotopic (exact) mass is 773 g/mol. The van der Waals surface area contributed by atoms with E-state index in [2.05, 4.69) is 57.2 Å². The van der Waals surface area contributed by atoms with Gasteiger partial charge in [-0.1, -0.05) is 198 Å². The van der Waals surface area contributed by atoms with Crippen molar-refractivity contribution >= 4 is 17.9 Å². The van der Waals surface area contributed by atoms with Crippen LogP contribution in [0.2, 0.25) is 0 Å². The van der Waals surface area contributed by atoms with Gasteiger partial charge in [-0.05, 0) is 57.8 Å². The molecule has 0 radical (unpaired) electrons. The molecule has 0 bridgehead atoms. The average molecular weight is 773 g/mol. The third-order valence-electron chi connectivity index (χ3n) is 10.1. The fourth-order valence-electron chi connectivity index (χ4n) is 6.57. The number of allylic oxidation sites excluding steroid dienone is 6. The number of hydrogen-bond acceptors (Lipinski definition) is 6. The molecular formula is C49H88O6. The summed E-state index contributed by atoms with van der Waals surface area (Å²) < 4.78 is 16.5. The first-order chi connectivity index (χ1) is 27.0. The first-order valence-corrected chi connectivity index (χ1v) is 23.5. The first-order valence-electron chi connectivity index (χ1n) is 23.5. The summed E-state index contributed by atoms with van der Waals surface area (Å²) in [7, 11) is 0. The summed E-state index contributed by atoms with van der Waals surface area (Å²) in [6.45, 7) is 6.50. The summed E-state index contributed by atoms with van der Waals surface area (Å²) in [4.78, 5) is 37.3. The topological polar surface area (TPSA) is 78.9 Å². The Morgan fingerprint density at radius 1 is 0.364 bits per heavy atom. The molecule has 1 unspecified atom stereocenters. The van der Waals surface area contributed by atoms with Crippen molar-refractivity contribution in [3.8, 4) is 0 Å². The van der Waals surface area contributed by atoms with Crippen LogP contribution in [0.4, 0.5) is 0 Å². The molecule has 0 heterocycles. The Labute approximate surface area is 340 Å². The molecule has 0 saturated carbocycles. The van der Waals surface area contributed by atoms with Gasteiger partial charge < -0.3 is 14.2 Å². The predicted molar refractivity (Wildman–Crippen MR) is 233 cm³/mol. The summed E-state index contributed by atoms with van der Waals surface area (Å²) in [6, 6.07) is 0. The van der Waals surface area contributed by atoms with Crippen LogP contribution in [-0.4, -0.2) is 37.2 Å². The Morgan fingerprint density at radius 3 is 1.02 bits per heavy atom. The highest BCUT2D eigenvalue weighted by atomic mass is 16.6. The Kier molecular flexibility index (Phi) is 42.4. The van der Waals surface area contributed by atoms with Crippen molar-refractivity contribution < 1.29 is 28.6 Å². The van der Waals surface area contributed by atoms with Gasteiger partial charge >= 0.3 is 17.9 Å². The number of unbranched alkanes of at least 4 members (excludes halogenated alkanes) is 25. The number of carbonyl (C=O) groups is 3. The average Bonchev–Trinajstić information content (AvgIpc) is 3.18. The molecule has 320 valence electrons. The van der Waals surface area contributed by atoms with Crippen molar-refractivity contribution in [2.45, 2.75) is 245 Å². The molecule has 55 heavy (non-hydrogen) atoms. The van der Waals surface area contributed by atoms with Crippen molar-refractivity contribution in [3.63, 3.8) is 0 Å². The molecule has 1 atom stereocenters. The molecule has 0 aromatic rings. The molecule has 0 saturated heterocycles. The number of carbonyl (C=O) groups excluding carboxylic acids is 3. The molecule has 0 aromatic carbocycles. The fraction of sp³-hybridized carbons (Fsp3) is 0.816. The third-order valence-corrected chi connectivity index (χ3v) is 10.1. The summed E-state index contributed by atoms with van der Waals surface area (Å²) in [6.07, 6.45) is 50.4. The van der Waals surface area contributed by atoms with E-state index in [0.717, 1.165) is 70.6 Å². The fourth-order valence-corrected chi connectivity index (χ4v) is 6.57. The maximum atomic E-state index is 12.5. The van der Waals surface area contributed by atoms with E-state index in [9.17, 15) is 14.4 Å². The van der Waals surface area contributed by atoms with E-state index >= 15 is 0 Å². The van der Waals surface area contributed by atoms with Crippen molar-refractivity contribution in [3.05, 3.63) is 36.5 Å². The van der Waals surface area contributed by atoms with Gasteiger partial charge in [-0.25, -0.2) is 0 Å². The van der Waals surface area contributed by atoms with Crippen molar-refractivity contribution in [2.75, 3.05) is 13.2 Å². The zero-order chi connectivity index (χ0) is 40.1. The van der Waals surface area contributed by atoms with E-state index in [4.69, 9.17) is 14.2 Å². The minimum absolute atomic E-state index is 0.0725. The van der Waals surface area contributed by atoms with E-state index < -0.39 is 6.10 Å². The van der Waals surface area contributed by atoms with Gasteiger partial charge in [0.2, 0.25) is 0 Å². The zero-order valence-corrected chi connectivity index (χ0v) is 36.4. The minimum Gasteiger partial charge on any atom is -0.462 e. The van der Waals surface area contributed by atoms with Gasteiger partial charge in [0, 0.05) is 19.3 Å². The maximum absolute atomic E-state index is 12.5. The van der Waals surface area contributed by atoms with Crippen LogP contribution in [0.3, 0.4) is 0 Å². The highest BCUT2D eigenvalue weighted by molar-refractivity contribution is 5.71. The Hall–Kier alpha value is -2.37. The van der Waals surface area contributed by atoms with Crippen LogP contribution in [0.5, 0.6) is 0 Å². The molecule has 0 rings (SSSR count). The number of ether oxygens (including phenoxy) is 3. The highest BCUT2D eigenvalue weighted by Crippen LogP contribution is 2.14. The largest absolute Gasteiger partial charge is 0.462 e. The lowest BCUT2D eigenvalue weighted by atomic mass is 10.1. The quantitative estimate of drug-likeness (QED) is 0.0266. The summed E-state index contributed by atoms with van der Waals surface area (Å²) >= 11 is 0. The SMILES string of the molecule is CCCCCCC/C=C\C/C=C\C/C=C\CCCCCCCCCCCCC(=O)OCC(COC(=O)CCCCCCCC)OC(=O)CCCCCCCC. The standard InChI is InChI=1S/C49H88O6/c1-4-7-10-13-16-17-18-19-20-21-22-23-24-25-26-27-28-29-30-31-32-33-34-37-39-42-48(51)54-45-46(55-49(52)43-40-36-15-12-9-6-3)44-53-47(50)41-38-35-14-11-8-5-2/h18-19,21-22,24-25,46H,4-17,20,23,26-45H2,1-3H3/b19-18-,22-21-,25-24-. The Balaban J connectivity index is 3.98. The second kappa shape index (κ2) is 44.3. The van der Waals surface area contributed by atoms with Gasteiger partial charge in [-0.3, -0.25) is 14.4 Å². The van der Waals surface area contributed by atoms with Crippen LogP contribution in [0.25, 0.3) is 0 Å². The number of hydrogen-bond donors (Lipinski definition) is 0. The summed E-state index contributed by atoms with van der Waals surface area (Å²) in [5.41, 5.74) is 0. The van der Waals surface area contributed by atoms with Gasteiger partial charge in [0.05, 0.1) is 0 Å². The molecule has 0 aromatic heterocycles. The van der Waals surface area contributed by atoms with Crippen LogP contribution >= 0.6 is 0 Å². The smallest absolute Gasteiger partial charge is 0.306 e. The summed E-state index contributed by atoms with van der Waals surface area (Å²) in [5.74, 6) is -0.895. The molecule has 0 fully saturated rings. The molecule has 0 aliphatic rings. The first kappa shape index (κ1) is 52.6. The molecule has 0 aliphatic heterocycles. The Morgan fingerprint density at radius 2 is 0.655 bits per heavy atom. The lowest BCUT2D eigenvalue weighted by Gasteiger charge is -2.18. The highest BCUT2D eigenvalue weighted by Gasteiger charge is 2.19. The van der Waals surface area contributed by atoms with Crippen molar-refractivity contribution in [1.82, 2.24) is 0 Å². The molecule has 0 spiro atoms. The van der Waals surface area contributed by atoms with Crippen LogP contribution in [0.1, 0.15) is 239 Å². The molecule has 0 aliphatic carbocycles.